The van der Waals surface area contributed by atoms with Crippen LogP contribution in [0.15, 0.2) is 29.1 Å². The summed E-state index contributed by atoms with van der Waals surface area (Å²) in [6.45, 7) is 5.30. The third-order valence-electron chi connectivity index (χ3n) is 5.07. The maximum absolute atomic E-state index is 13.1. The lowest BCUT2D eigenvalue weighted by Gasteiger charge is -2.28. The monoisotopic (exact) mass is 343 g/mol. The van der Waals surface area contributed by atoms with Crippen LogP contribution in [0.2, 0.25) is 0 Å². The first-order valence-corrected chi connectivity index (χ1v) is 9.21. The van der Waals surface area contributed by atoms with Crippen LogP contribution in [-0.4, -0.2) is 53.5 Å². The number of fused-ring (bicyclic) bond motifs is 1. The fourth-order valence-electron chi connectivity index (χ4n) is 3.64. The van der Waals surface area contributed by atoms with Crippen LogP contribution in [0.5, 0.6) is 0 Å². The minimum absolute atomic E-state index is 0.0445. The van der Waals surface area contributed by atoms with E-state index in [1.54, 1.807) is 0 Å². The lowest BCUT2D eigenvalue weighted by atomic mass is 10.1. The molecule has 1 aromatic carbocycles. The molecule has 1 atom stereocenters. The Morgan fingerprint density at radius 1 is 1.12 bits per heavy atom. The van der Waals surface area contributed by atoms with Crippen molar-refractivity contribution in [1.29, 1.82) is 0 Å². The first-order chi connectivity index (χ1) is 12.3. The maximum atomic E-state index is 13.1. The van der Waals surface area contributed by atoms with Gasteiger partial charge in [0.1, 0.15) is 5.82 Å². The van der Waals surface area contributed by atoms with Crippen LogP contribution < -0.4 is 5.56 Å². The van der Waals surface area contributed by atoms with Crippen molar-refractivity contribution in [3.05, 3.63) is 40.4 Å². The van der Waals surface area contributed by atoms with E-state index < -0.39 is 0 Å². The van der Waals surface area contributed by atoms with Gasteiger partial charge in [-0.2, -0.15) is 0 Å². The normalized spacial score (nSPS) is 22.3. The van der Waals surface area contributed by atoms with Crippen molar-refractivity contribution in [3.8, 4) is 0 Å². The molecule has 1 aromatic heterocycles. The number of hydrogen-bond donors (Lipinski definition) is 0. The quantitative estimate of drug-likeness (QED) is 0.847. The maximum Gasteiger partial charge on any atom is 0.261 e. The molecule has 0 aliphatic carbocycles. The van der Waals surface area contributed by atoms with Gasteiger partial charge in [-0.05, 0) is 31.4 Å². The predicted octanol–water partition coefficient (Wildman–Crippen LogP) is 1.80. The van der Waals surface area contributed by atoms with Gasteiger partial charge in [0, 0.05) is 19.7 Å². The molecule has 2 aromatic rings. The lowest BCUT2D eigenvalue weighted by Crippen LogP contribution is -2.39. The van der Waals surface area contributed by atoms with Crippen molar-refractivity contribution >= 4 is 10.9 Å². The molecule has 2 aliphatic heterocycles. The Balaban J connectivity index is 1.69. The van der Waals surface area contributed by atoms with Gasteiger partial charge in [-0.15, -0.1) is 0 Å². The number of benzene rings is 1. The fraction of sp³-hybridized carbons (Fsp3) is 0.579. The molecule has 25 heavy (non-hydrogen) atoms. The molecule has 4 rings (SSSR count). The summed E-state index contributed by atoms with van der Waals surface area (Å²) in [4.78, 5) is 20.2. The van der Waals surface area contributed by atoms with E-state index in [1.807, 2.05) is 28.8 Å². The largest absolute Gasteiger partial charge is 0.379 e. The molecule has 1 unspecified atom stereocenters. The summed E-state index contributed by atoms with van der Waals surface area (Å²) in [6, 6.07) is 7.61. The Morgan fingerprint density at radius 3 is 2.76 bits per heavy atom. The second kappa shape index (κ2) is 7.64. The summed E-state index contributed by atoms with van der Waals surface area (Å²) in [6.07, 6.45) is 3.40. The molecule has 3 heterocycles. The third kappa shape index (κ3) is 3.76. The van der Waals surface area contributed by atoms with E-state index in [-0.39, 0.29) is 11.7 Å². The van der Waals surface area contributed by atoms with Crippen LogP contribution in [0.4, 0.5) is 0 Å². The van der Waals surface area contributed by atoms with Crippen LogP contribution in [0, 0.1) is 0 Å². The van der Waals surface area contributed by atoms with Crippen LogP contribution >= 0.6 is 0 Å². The molecule has 134 valence electrons. The average Bonchev–Trinajstić information content (AvgIpc) is 2.67. The molecule has 0 saturated carbocycles. The number of morpholine rings is 1. The fourth-order valence-corrected chi connectivity index (χ4v) is 3.64. The standard InChI is InChI=1S/C19H25N3O3/c23-19-16-6-1-2-7-17(16)20-18(14-21-8-11-24-12-9-21)22(19)13-15-5-3-4-10-25-15/h1-2,6-7,15H,3-5,8-14H2. The summed E-state index contributed by atoms with van der Waals surface area (Å²) in [5.41, 5.74) is 0.819. The van der Waals surface area contributed by atoms with E-state index in [4.69, 9.17) is 14.5 Å². The average molecular weight is 343 g/mol. The van der Waals surface area contributed by atoms with Gasteiger partial charge in [0.15, 0.2) is 0 Å². The minimum atomic E-state index is 0.0445. The second-order valence-corrected chi connectivity index (χ2v) is 6.84. The van der Waals surface area contributed by atoms with Gasteiger partial charge in [-0.3, -0.25) is 14.3 Å². The molecule has 0 bridgehead atoms. The van der Waals surface area contributed by atoms with Crippen molar-refractivity contribution in [1.82, 2.24) is 14.5 Å². The van der Waals surface area contributed by atoms with Gasteiger partial charge in [0.25, 0.3) is 5.56 Å². The summed E-state index contributed by atoms with van der Waals surface area (Å²) in [7, 11) is 0. The number of aromatic nitrogens is 2. The molecule has 2 saturated heterocycles. The molecule has 2 aliphatic rings. The number of para-hydroxylation sites is 1. The topological polar surface area (TPSA) is 56.6 Å². The van der Waals surface area contributed by atoms with E-state index in [0.717, 1.165) is 57.1 Å². The van der Waals surface area contributed by atoms with Gasteiger partial charge in [0.05, 0.1) is 43.3 Å². The Morgan fingerprint density at radius 2 is 1.96 bits per heavy atom. The van der Waals surface area contributed by atoms with E-state index in [0.29, 0.717) is 18.5 Å². The Kier molecular flexibility index (Phi) is 5.10. The highest BCUT2D eigenvalue weighted by Crippen LogP contribution is 2.16. The zero-order chi connectivity index (χ0) is 17.1. The minimum Gasteiger partial charge on any atom is -0.379 e. The molecule has 0 amide bonds. The van der Waals surface area contributed by atoms with Crippen molar-refractivity contribution in [2.24, 2.45) is 0 Å². The molecule has 0 N–H and O–H groups in total. The van der Waals surface area contributed by atoms with Crippen LogP contribution in [0.3, 0.4) is 0 Å². The van der Waals surface area contributed by atoms with E-state index in [2.05, 4.69) is 4.90 Å². The molecule has 2 fully saturated rings. The van der Waals surface area contributed by atoms with Crippen molar-refractivity contribution in [3.63, 3.8) is 0 Å². The van der Waals surface area contributed by atoms with Crippen molar-refractivity contribution in [2.45, 2.75) is 38.5 Å². The van der Waals surface area contributed by atoms with Gasteiger partial charge in [-0.1, -0.05) is 12.1 Å². The van der Waals surface area contributed by atoms with Crippen molar-refractivity contribution < 1.29 is 9.47 Å². The van der Waals surface area contributed by atoms with E-state index in [1.165, 1.54) is 6.42 Å². The molecule has 6 heteroatoms. The number of rotatable bonds is 4. The highest BCUT2D eigenvalue weighted by Gasteiger charge is 2.20. The highest BCUT2D eigenvalue weighted by atomic mass is 16.5. The molecule has 6 nitrogen and oxygen atoms in total. The molecular weight excluding hydrogens is 318 g/mol. The third-order valence-corrected chi connectivity index (χ3v) is 5.07. The summed E-state index contributed by atoms with van der Waals surface area (Å²) in [5.74, 6) is 0.833. The molecular formula is C19H25N3O3. The molecule has 0 spiro atoms. The van der Waals surface area contributed by atoms with E-state index in [9.17, 15) is 4.79 Å². The van der Waals surface area contributed by atoms with Gasteiger partial charge in [-0.25, -0.2) is 4.98 Å². The van der Waals surface area contributed by atoms with Crippen LogP contribution in [0.1, 0.15) is 25.1 Å². The number of hydrogen-bond acceptors (Lipinski definition) is 5. The van der Waals surface area contributed by atoms with Crippen LogP contribution in [-0.2, 0) is 22.6 Å². The lowest BCUT2D eigenvalue weighted by molar-refractivity contribution is 0.00332. The van der Waals surface area contributed by atoms with Gasteiger partial charge in [0.2, 0.25) is 0 Å². The zero-order valence-corrected chi connectivity index (χ0v) is 14.5. The SMILES string of the molecule is O=c1c2ccccc2nc(CN2CCOCC2)n1CC1CCCCO1. The van der Waals surface area contributed by atoms with Gasteiger partial charge >= 0.3 is 0 Å². The first kappa shape index (κ1) is 16.7. The Hall–Kier alpha value is -1.76. The zero-order valence-electron chi connectivity index (χ0n) is 14.5. The van der Waals surface area contributed by atoms with Crippen molar-refractivity contribution in [2.75, 3.05) is 32.9 Å². The number of ether oxygens (including phenoxy) is 2. The van der Waals surface area contributed by atoms with E-state index >= 15 is 0 Å². The second-order valence-electron chi connectivity index (χ2n) is 6.84. The Labute approximate surface area is 147 Å². The Bertz CT molecular complexity index is 777. The number of nitrogens with zero attached hydrogens (tertiary/aromatic N) is 3. The van der Waals surface area contributed by atoms with Crippen LogP contribution in [0.25, 0.3) is 10.9 Å². The predicted molar refractivity (Wildman–Crippen MR) is 95.7 cm³/mol. The molecule has 0 radical (unpaired) electrons. The highest BCUT2D eigenvalue weighted by molar-refractivity contribution is 5.77. The smallest absolute Gasteiger partial charge is 0.261 e. The van der Waals surface area contributed by atoms with Gasteiger partial charge < -0.3 is 9.47 Å². The summed E-state index contributed by atoms with van der Waals surface area (Å²) < 4.78 is 13.1. The summed E-state index contributed by atoms with van der Waals surface area (Å²) >= 11 is 0. The first-order valence-electron chi connectivity index (χ1n) is 9.21. The summed E-state index contributed by atoms with van der Waals surface area (Å²) in [5, 5.41) is 0.684.